The molecule has 0 aliphatic carbocycles. The molecule has 0 heterocycles. The van der Waals surface area contributed by atoms with Crippen molar-refractivity contribution in [2.75, 3.05) is 24.3 Å². The second kappa shape index (κ2) is 6.45. The monoisotopic (exact) mass is 305 g/mol. The number of benzene rings is 2. The molecule has 0 atom stereocenters. The fourth-order valence-electron chi connectivity index (χ4n) is 2.23. The van der Waals surface area contributed by atoms with E-state index in [4.69, 9.17) is 11.6 Å². The van der Waals surface area contributed by atoms with Gasteiger partial charge in [0.1, 0.15) is 11.4 Å². The minimum absolute atomic E-state index is 0.0736. The van der Waals surface area contributed by atoms with Gasteiger partial charge in [0.15, 0.2) is 0 Å². The molecule has 0 aliphatic rings. The number of para-hydroxylation sites is 1. The smallest absolute Gasteiger partial charge is 0.315 e. The van der Waals surface area contributed by atoms with E-state index in [1.807, 2.05) is 30.1 Å². The Balaban J connectivity index is 2.35. The van der Waals surface area contributed by atoms with Gasteiger partial charge in [-0.1, -0.05) is 29.8 Å². The van der Waals surface area contributed by atoms with Crippen LogP contribution < -0.4 is 10.2 Å². The number of nitrogens with one attached hydrogen (secondary N) is 1. The summed E-state index contributed by atoms with van der Waals surface area (Å²) in [6, 6.07) is 12.7. The third kappa shape index (κ3) is 3.44. The third-order valence-electron chi connectivity index (χ3n) is 3.19. The molecular formula is C15H16ClN3O2. The largest absolute Gasteiger partial charge is 0.382 e. The molecule has 0 saturated carbocycles. The third-order valence-corrected chi connectivity index (χ3v) is 3.42. The van der Waals surface area contributed by atoms with Crippen LogP contribution in [-0.2, 0) is 6.54 Å². The van der Waals surface area contributed by atoms with E-state index in [1.165, 1.54) is 0 Å². The van der Waals surface area contributed by atoms with Gasteiger partial charge in [0.25, 0.3) is 0 Å². The summed E-state index contributed by atoms with van der Waals surface area (Å²) in [7, 11) is 3.49. The first-order valence-corrected chi connectivity index (χ1v) is 6.81. The van der Waals surface area contributed by atoms with Crippen molar-refractivity contribution in [3.05, 3.63) is 63.2 Å². The van der Waals surface area contributed by atoms with Gasteiger partial charge in [-0.05, 0) is 29.8 Å². The van der Waals surface area contributed by atoms with Crippen molar-refractivity contribution >= 4 is 28.7 Å². The molecule has 0 saturated heterocycles. The zero-order valence-corrected chi connectivity index (χ0v) is 12.6. The average Bonchev–Trinajstić information content (AvgIpc) is 2.46. The van der Waals surface area contributed by atoms with Gasteiger partial charge < -0.3 is 10.2 Å². The van der Waals surface area contributed by atoms with E-state index in [0.29, 0.717) is 22.9 Å². The van der Waals surface area contributed by atoms with Gasteiger partial charge in [-0.3, -0.25) is 10.1 Å². The summed E-state index contributed by atoms with van der Waals surface area (Å²) in [4.78, 5) is 12.8. The van der Waals surface area contributed by atoms with E-state index >= 15 is 0 Å². The van der Waals surface area contributed by atoms with E-state index in [0.717, 1.165) is 5.56 Å². The van der Waals surface area contributed by atoms with E-state index < -0.39 is 0 Å². The van der Waals surface area contributed by atoms with E-state index in [1.54, 1.807) is 31.3 Å². The maximum absolute atomic E-state index is 11.3. The molecule has 0 spiro atoms. The lowest BCUT2D eigenvalue weighted by Crippen LogP contribution is -2.18. The Morgan fingerprint density at radius 1 is 1.29 bits per heavy atom. The number of nitrogens with zero attached hydrogens (tertiary/aromatic N) is 2. The highest BCUT2D eigenvalue weighted by Gasteiger charge is 2.21. The van der Waals surface area contributed by atoms with Crippen LogP contribution in [0.1, 0.15) is 5.56 Å². The summed E-state index contributed by atoms with van der Waals surface area (Å²) in [6.07, 6.45) is 0. The van der Waals surface area contributed by atoms with Crippen LogP contribution in [0.2, 0.25) is 5.02 Å². The van der Waals surface area contributed by atoms with Crippen LogP contribution in [0.25, 0.3) is 0 Å². The van der Waals surface area contributed by atoms with Crippen molar-refractivity contribution < 1.29 is 4.92 Å². The van der Waals surface area contributed by atoms with Gasteiger partial charge in [-0.2, -0.15) is 0 Å². The van der Waals surface area contributed by atoms with E-state index in [2.05, 4.69) is 5.32 Å². The number of halogens is 1. The number of nitro groups is 1. The zero-order chi connectivity index (χ0) is 15.4. The molecule has 0 radical (unpaired) electrons. The fraction of sp³-hybridized carbons (Fsp3) is 0.200. The molecule has 21 heavy (non-hydrogen) atoms. The number of nitro benzene ring substituents is 1. The lowest BCUT2D eigenvalue weighted by molar-refractivity contribution is -0.383. The van der Waals surface area contributed by atoms with Crippen molar-refractivity contribution in [1.29, 1.82) is 0 Å². The average molecular weight is 306 g/mol. The van der Waals surface area contributed by atoms with Crippen molar-refractivity contribution in [2.24, 2.45) is 0 Å². The van der Waals surface area contributed by atoms with E-state index in [9.17, 15) is 10.1 Å². The van der Waals surface area contributed by atoms with Crippen molar-refractivity contribution in [2.45, 2.75) is 6.54 Å². The summed E-state index contributed by atoms with van der Waals surface area (Å²) in [6.45, 7) is 0.536. The van der Waals surface area contributed by atoms with Gasteiger partial charge in [-0.25, -0.2) is 0 Å². The first-order chi connectivity index (χ1) is 10.0. The van der Waals surface area contributed by atoms with Crippen molar-refractivity contribution in [3.63, 3.8) is 0 Å². The summed E-state index contributed by atoms with van der Waals surface area (Å²) in [5.74, 6) is 0. The quantitative estimate of drug-likeness (QED) is 0.672. The normalized spacial score (nSPS) is 10.2. The summed E-state index contributed by atoms with van der Waals surface area (Å²) in [5, 5.41) is 14.8. The maximum Gasteiger partial charge on any atom is 0.315 e. The molecule has 6 heteroatoms. The van der Waals surface area contributed by atoms with Gasteiger partial charge in [-0.15, -0.1) is 0 Å². The highest BCUT2D eigenvalue weighted by molar-refractivity contribution is 6.30. The molecule has 110 valence electrons. The van der Waals surface area contributed by atoms with Crippen LogP contribution in [0, 0.1) is 10.1 Å². The minimum atomic E-state index is -0.365. The molecule has 2 rings (SSSR count). The fourth-order valence-corrected chi connectivity index (χ4v) is 2.44. The maximum atomic E-state index is 11.3. The van der Waals surface area contributed by atoms with Crippen molar-refractivity contribution in [1.82, 2.24) is 0 Å². The van der Waals surface area contributed by atoms with Crippen LogP contribution in [-0.4, -0.2) is 19.0 Å². The summed E-state index contributed by atoms with van der Waals surface area (Å²) >= 11 is 5.97. The predicted octanol–water partition coefficient (Wildman–Crippen LogP) is 3.93. The topological polar surface area (TPSA) is 58.4 Å². The molecule has 0 fully saturated rings. The van der Waals surface area contributed by atoms with Crippen LogP contribution in [0.4, 0.5) is 17.1 Å². The van der Waals surface area contributed by atoms with Crippen LogP contribution in [0.3, 0.4) is 0 Å². The Morgan fingerprint density at radius 2 is 2.00 bits per heavy atom. The first-order valence-electron chi connectivity index (χ1n) is 6.43. The predicted molar refractivity (Wildman–Crippen MR) is 86.2 cm³/mol. The van der Waals surface area contributed by atoms with Crippen LogP contribution in [0.15, 0.2) is 42.5 Å². The first kappa shape index (κ1) is 15.1. The zero-order valence-electron chi connectivity index (χ0n) is 11.8. The van der Waals surface area contributed by atoms with Crippen LogP contribution >= 0.6 is 11.6 Å². The highest BCUT2D eigenvalue weighted by atomic mass is 35.5. The van der Waals surface area contributed by atoms with Gasteiger partial charge in [0, 0.05) is 25.7 Å². The SMILES string of the molecule is CNc1cccc(N(C)Cc2cccc(Cl)c2)c1[N+](=O)[O-]. The molecule has 1 N–H and O–H groups in total. The molecule has 2 aromatic carbocycles. The van der Waals surface area contributed by atoms with Crippen molar-refractivity contribution in [3.8, 4) is 0 Å². The van der Waals surface area contributed by atoms with Gasteiger partial charge in [0.05, 0.1) is 4.92 Å². The van der Waals surface area contributed by atoms with Crippen LogP contribution in [0.5, 0.6) is 0 Å². The number of hydrogen-bond acceptors (Lipinski definition) is 4. The molecule has 5 nitrogen and oxygen atoms in total. The molecule has 0 bridgehead atoms. The Bertz CT molecular complexity index is 661. The molecule has 0 unspecified atom stereocenters. The Labute approximate surface area is 128 Å². The number of hydrogen-bond donors (Lipinski definition) is 1. The summed E-state index contributed by atoms with van der Waals surface area (Å²) in [5.41, 5.74) is 2.13. The lowest BCUT2D eigenvalue weighted by Gasteiger charge is -2.20. The number of anilines is 2. The summed E-state index contributed by atoms with van der Waals surface area (Å²) < 4.78 is 0. The number of rotatable bonds is 5. The second-order valence-electron chi connectivity index (χ2n) is 4.67. The molecular weight excluding hydrogens is 290 g/mol. The van der Waals surface area contributed by atoms with Gasteiger partial charge in [0.2, 0.25) is 0 Å². The Kier molecular flexibility index (Phi) is 4.65. The highest BCUT2D eigenvalue weighted by Crippen LogP contribution is 2.35. The molecule has 0 aliphatic heterocycles. The minimum Gasteiger partial charge on any atom is -0.382 e. The van der Waals surface area contributed by atoms with E-state index in [-0.39, 0.29) is 10.6 Å². The molecule has 2 aromatic rings. The Hall–Kier alpha value is -2.27. The van der Waals surface area contributed by atoms with Gasteiger partial charge >= 0.3 is 5.69 Å². The second-order valence-corrected chi connectivity index (χ2v) is 5.10. The molecule has 0 amide bonds. The molecule has 0 aromatic heterocycles. The standard InChI is InChI=1S/C15H16ClN3O2/c1-17-13-7-4-8-14(15(13)19(20)21)18(2)10-11-5-3-6-12(16)9-11/h3-9,17H,10H2,1-2H3. The lowest BCUT2D eigenvalue weighted by atomic mass is 10.1. The Morgan fingerprint density at radius 3 is 2.62 bits per heavy atom.